The first kappa shape index (κ1) is 11.5. The molecule has 1 aromatic carbocycles. The molecule has 0 bridgehead atoms. The highest BCUT2D eigenvalue weighted by Crippen LogP contribution is 2.22. The Bertz CT molecular complexity index is 352. The van der Waals surface area contributed by atoms with E-state index in [0.29, 0.717) is 16.6 Å². The fourth-order valence-electron chi connectivity index (χ4n) is 1.16. The third kappa shape index (κ3) is 2.28. The maximum absolute atomic E-state index is 11.6. The second-order valence-corrected chi connectivity index (χ2v) is 4.21. The number of hydrogen-bond acceptors (Lipinski definition) is 2. The van der Waals surface area contributed by atoms with Crippen LogP contribution in [0.15, 0.2) is 18.2 Å². The Morgan fingerprint density at radius 2 is 2.29 bits per heavy atom. The number of alkyl halides is 2. The molecular weight excluding hydrogens is 265 g/mol. The molecule has 1 aromatic rings. The SMILES string of the molecule is CC(Cl)C(=O)c1cccc(CBr)c1N. The van der Waals surface area contributed by atoms with Crippen molar-refractivity contribution in [2.75, 3.05) is 5.73 Å². The minimum atomic E-state index is -0.539. The molecule has 0 aliphatic heterocycles. The normalized spacial score (nSPS) is 12.5. The van der Waals surface area contributed by atoms with Gasteiger partial charge in [0.15, 0.2) is 5.78 Å². The van der Waals surface area contributed by atoms with E-state index in [2.05, 4.69) is 15.9 Å². The minimum Gasteiger partial charge on any atom is -0.398 e. The van der Waals surface area contributed by atoms with Crippen molar-refractivity contribution in [1.29, 1.82) is 0 Å². The molecule has 0 radical (unpaired) electrons. The van der Waals surface area contributed by atoms with Crippen molar-refractivity contribution in [3.8, 4) is 0 Å². The van der Waals surface area contributed by atoms with Crippen molar-refractivity contribution in [3.63, 3.8) is 0 Å². The number of halogens is 2. The third-order valence-corrected chi connectivity index (χ3v) is 2.77. The number of anilines is 1. The van der Waals surface area contributed by atoms with E-state index in [4.69, 9.17) is 17.3 Å². The number of nitrogen functional groups attached to an aromatic ring is 1. The quantitative estimate of drug-likeness (QED) is 0.524. The van der Waals surface area contributed by atoms with E-state index in [-0.39, 0.29) is 5.78 Å². The molecule has 0 fully saturated rings. The van der Waals surface area contributed by atoms with Crippen LogP contribution in [-0.2, 0) is 5.33 Å². The van der Waals surface area contributed by atoms with E-state index in [1.807, 2.05) is 6.07 Å². The summed E-state index contributed by atoms with van der Waals surface area (Å²) in [6.45, 7) is 1.64. The summed E-state index contributed by atoms with van der Waals surface area (Å²) in [5.41, 5.74) is 7.75. The summed E-state index contributed by atoms with van der Waals surface area (Å²) in [7, 11) is 0. The lowest BCUT2D eigenvalue weighted by molar-refractivity contribution is 0.0992. The molecule has 0 amide bonds. The van der Waals surface area contributed by atoms with Crippen molar-refractivity contribution < 1.29 is 4.79 Å². The first-order valence-corrected chi connectivity index (χ1v) is 5.75. The molecule has 2 nitrogen and oxygen atoms in total. The summed E-state index contributed by atoms with van der Waals surface area (Å²) in [5, 5.41) is 0.0965. The molecule has 4 heteroatoms. The molecule has 76 valence electrons. The lowest BCUT2D eigenvalue weighted by Gasteiger charge is -2.09. The van der Waals surface area contributed by atoms with Crippen molar-refractivity contribution >= 4 is 39.0 Å². The highest BCUT2D eigenvalue weighted by atomic mass is 79.9. The second kappa shape index (κ2) is 4.80. The van der Waals surface area contributed by atoms with Gasteiger partial charge in [0.2, 0.25) is 0 Å². The summed E-state index contributed by atoms with van der Waals surface area (Å²) in [6, 6.07) is 5.38. The number of benzene rings is 1. The largest absolute Gasteiger partial charge is 0.398 e. The van der Waals surface area contributed by atoms with E-state index in [0.717, 1.165) is 5.56 Å². The van der Waals surface area contributed by atoms with Crippen molar-refractivity contribution in [2.45, 2.75) is 17.6 Å². The molecular formula is C10H11BrClNO. The number of carbonyl (C=O) groups excluding carboxylic acids is 1. The third-order valence-electron chi connectivity index (χ3n) is 1.97. The van der Waals surface area contributed by atoms with Gasteiger partial charge in [-0.15, -0.1) is 11.6 Å². The zero-order chi connectivity index (χ0) is 10.7. The number of nitrogens with two attached hydrogens (primary N) is 1. The Labute approximate surface area is 96.6 Å². The Kier molecular flexibility index (Phi) is 3.96. The number of carbonyl (C=O) groups is 1. The van der Waals surface area contributed by atoms with Crippen molar-refractivity contribution in [2.24, 2.45) is 0 Å². The van der Waals surface area contributed by atoms with Crippen molar-refractivity contribution in [1.82, 2.24) is 0 Å². The number of para-hydroxylation sites is 1. The van der Waals surface area contributed by atoms with Crippen molar-refractivity contribution in [3.05, 3.63) is 29.3 Å². The fraction of sp³-hybridized carbons (Fsp3) is 0.300. The zero-order valence-corrected chi connectivity index (χ0v) is 10.1. The summed E-state index contributed by atoms with van der Waals surface area (Å²) in [6.07, 6.45) is 0. The van der Waals surface area contributed by atoms with Crippen LogP contribution in [0.4, 0.5) is 5.69 Å². The van der Waals surface area contributed by atoms with Gasteiger partial charge in [-0.2, -0.15) is 0 Å². The van der Waals surface area contributed by atoms with Crippen LogP contribution in [0.1, 0.15) is 22.8 Å². The van der Waals surface area contributed by atoms with Crippen LogP contribution in [-0.4, -0.2) is 11.2 Å². The van der Waals surface area contributed by atoms with Gasteiger partial charge in [-0.1, -0.05) is 28.1 Å². The standard InChI is InChI=1S/C10H11BrClNO/c1-6(12)10(14)8-4-2-3-7(5-11)9(8)13/h2-4,6H,5,13H2,1H3. The van der Waals surface area contributed by atoms with E-state index in [1.165, 1.54) is 0 Å². The van der Waals surface area contributed by atoms with Gasteiger partial charge in [0.1, 0.15) is 0 Å². The average molecular weight is 277 g/mol. The van der Waals surface area contributed by atoms with Gasteiger partial charge < -0.3 is 5.73 Å². The highest BCUT2D eigenvalue weighted by molar-refractivity contribution is 9.08. The molecule has 0 aliphatic carbocycles. The molecule has 2 N–H and O–H groups in total. The lowest BCUT2D eigenvalue weighted by atomic mass is 10.0. The number of Topliss-reactive ketones (excluding diaryl/α,β-unsaturated/α-hetero) is 1. The Morgan fingerprint density at radius 3 is 2.79 bits per heavy atom. The van der Waals surface area contributed by atoms with Crippen LogP contribution in [0.2, 0.25) is 0 Å². The molecule has 1 unspecified atom stereocenters. The Morgan fingerprint density at radius 1 is 1.64 bits per heavy atom. The van der Waals surface area contributed by atoms with Crippen LogP contribution in [0.25, 0.3) is 0 Å². The smallest absolute Gasteiger partial charge is 0.182 e. The molecule has 0 aromatic heterocycles. The van der Waals surface area contributed by atoms with E-state index >= 15 is 0 Å². The number of hydrogen-bond donors (Lipinski definition) is 1. The zero-order valence-electron chi connectivity index (χ0n) is 7.76. The Hall–Kier alpha value is -0.540. The van der Waals surface area contributed by atoms with Gasteiger partial charge >= 0.3 is 0 Å². The van der Waals surface area contributed by atoms with Gasteiger partial charge in [-0.25, -0.2) is 0 Å². The summed E-state index contributed by atoms with van der Waals surface area (Å²) >= 11 is 9.02. The van der Waals surface area contributed by atoms with Gasteiger partial charge in [-0.3, -0.25) is 4.79 Å². The molecule has 0 spiro atoms. The van der Waals surface area contributed by atoms with Crippen LogP contribution in [0.5, 0.6) is 0 Å². The summed E-state index contributed by atoms with van der Waals surface area (Å²) < 4.78 is 0. The predicted octanol–water partition coefficient (Wildman–Crippen LogP) is 2.97. The van der Waals surface area contributed by atoms with Crippen LogP contribution < -0.4 is 5.73 Å². The van der Waals surface area contributed by atoms with Gasteiger partial charge in [0.25, 0.3) is 0 Å². The van der Waals surface area contributed by atoms with Crippen LogP contribution in [0.3, 0.4) is 0 Å². The molecule has 1 rings (SSSR count). The topological polar surface area (TPSA) is 43.1 Å². The van der Waals surface area contributed by atoms with Crippen LogP contribution in [0, 0.1) is 0 Å². The first-order valence-electron chi connectivity index (χ1n) is 4.19. The number of rotatable bonds is 3. The second-order valence-electron chi connectivity index (χ2n) is 2.99. The molecule has 0 saturated heterocycles. The van der Waals surface area contributed by atoms with Gasteiger partial charge in [0, 0.05) is 16.6 Å². The van der Waals surface area contributed by atoms with Crippen LogP contribution >= 0.6 is 27.5 Å². The molecule has 1 atom stereocenters. The fourth-order valence-corrected chi connectivity index (χ4v) is 1.77. The van der Waals surface area contributed by atoms with Gasteiger partial charge in [-0.05, 0) is 18.6 Å². The molecule has 14 heavy (non-hydrogen) atoms. The lowest BCUT2D eigenvalue weighted by Crippen LogP contribution is -2.13. The molecule has 0 saturated carbocycles. The predicted molar refractivity (Wildman–Crippen MR) is 63.1 cm³/mol. The maximum Gasteiger partial charge on any atom is 0.182 e. The van der Waals surface area contributed by atoms with E-state index in [9.17, 15) is 4.79 Å². The van der Waals surface area contributed by atoms with Gasteiger partial charge in [0.05, 0.1) is 5.38 Å². The van der Waals surface area contributed by atoms with E-state index in [1.54, 1.807) is 19.1 Å². The highest BCUT2D eigenvalue weighted by Gasteiger charge is 2.16. The maximum atomic E-state index is 11.6. The summed E-state index contributed by atoms with van der Waals surface area (Å²) in [4.78, 5) is 11.6. The number of ketones is 1. The molecule has 0 aliphatic rings. The van der Waals surface area contributed by atoms with E-state index < -0.39 is 5.38 Å². The minimum absolute atomic E-state index is 0.132. The first-order chi connectivity index (χ1) is 6.57. The monoisotopic (exact) mass is 275 g/mol. The summed E-state index contributed by atoms with van der Waals surface area (Å²) in [5.74, 6) is -0.132. The molecule has 0 heterocycles. The Balaban J connectivity index is 3.16. The average Bonchev–Trinajstić information content (AvgIpc) is 2.17.